The zero-order chi connectivity index (χ0) is 22.6. The number of carbonyl (C=O) groups excluding carboxylic acids is 1. The van der Waals surface area contributed by atoms with Crippen molar-refractivity contribution in [1.82, 2.24) is 4.31 Å². The van der Waals surface area contributed by atoms with Crippen LogP contribution in [0.15, 0.2) is 36.4 Å². The molecule has 0 unspecified atom stereocenters. The maximum Gasteiger partial charge on any atom is 0.227 e. The van der Waals surface area contributed by atoms with Crippen molar-refractivity contribution < 1.29 is 22.7 Å². The molecule has 2 aromatic rings. The molecular weight excluding hydrogens is 463 g/mol. The monoisotopic (exact) mass is 486 g/mol. The van der Waals surface area contributed by atoms with E-state index in [2.05, 4.69) is 5.32 Å². The van der Waals surface area contributed by atoms with Crippen LogP contribution in [0.2, 0.25) is 10.0 Å². The molecule has 31 heavy (non-hydrogen) atoms. The minimum absolute atomic E-state index is 0.145. The topological polar surface area (TPSA) is 84.9 Å². The van der Waals surface area contributed by atoms with E-state index in [1.54, 1.807) is 43.5 Å². The summed E-state index contributed by atoms with van der Waals surface area (Å²) in [4.78, 5) is 12.7. The SMILES string of the molecule is COc1ccc(NC(=O)C2CCN(S(=O)(=O)Cc3ccc(Cl)c(Cl)c3)CC2)cc1OC. The van der Waals surface area contributed by atoms with Gasteiger partial charge in [-0.3, -0.25) is 4.79 Å². The van der Waals surface area contributed by atoms with Gasteiger partial charge in [0.2, 0.25) is 15.9 Å². The van der Waals surface area contributed by atoms with E-state index < -0.39 is 10.0 Å². The number of nitrogens with one attached hydrogen (secondary N) is 1. The van der Waals surface area contributed by atoms with Crippen molar-refractivity contribution in [1.29, 1.82) is 0 Å². The van der Waals surface area contributed by atoms with Crippen molar-refractivity contribution in [3.05, 3.63) is 52.0 Å². The van der Waals surface area contributed by atoms with Crippen molar-refractivity contribution in [2.24, 2.45) is 5.92 Å². The summed E-state index contributed by atoms with van der Waals surface area (Å²) in [6.07, 6.45) is 0.888. The minimum atomic E-state index is -3.52. The molecule has 0 bridgehead atoms. The molecule has 0 aromatic heterocycles. The first kappa shape index (κ1) is 23.7. The first-order valence-electron chi connectivity index (χ1n) is 9.68. The Bertz CT molecular complexity index is 1050. The van der Waals surface area contributed by atoms with E-state index in [9.17, 15) is 13.2 Å². The van der Waals surface area contributed by atoms with Crippen molar-refractivity contribution in [3.8, 4) is 11.5 Å². The van der Waals surface area contributed by atoms with Crippen LogP contribution in [0.4, 0.5) is 5.69 Å². The number of anilines is 1. The Morgan fingerprint density at radius 2 is 1.71 bits per heavy atom. The predicted octanol–water partition coefficient (Wildman–Crippen LogP) is 4.19. The summed E-state index contributed by atoms with van der Waals surface area (Å²) in [5, 5.41) is 3.57. The van der Waals surface area contributed by atoms with Gasteiger partial charge in [-0.05, 0) is 42.7 Å². The van der Waals surface area contributed by atoms with Gasteiger partial charge in [0.05, 0.1) is 30.0 Å². The van der Waals surface area contributed by atoms with Gasteiger partial charge in [0.25, 0.3) is 0 Å². The summed E-state index contributed by atoms with van der Waals surface area (Å²) in [5.74, 6) is 0.509. The van der Waals surface area contributed by atoms with E-state index in [-0.39, 0.29) is 30.7 Å². The number of benzene rings is 2. The largest absolute Gasteiger partial charge is 0.493 e. The fourth-order valence-corrected chi connectivity index (χ4v) is 5.36. The molecule has 168 valence electrons. The molecule has 0 saturated carbocycles. The van der Waals surface area contributed by atoms with Crippen LogP contribution in [0.3, 0.4) is 0 Å². The van der Waals surface area contributed by atoms with Crippen LogP contribution in [0.5, 0.6) is 11.5 Å². The Hall–Kier alpha value is -2.00. The molecule has 1 saturated heterocycles. The van der Waals surface area contributed by atoms with E-state index in [1.807, 2.05) is 0 Å². The molecule has 7 nitrogen and oxygen atoms in total. The highest BCUT2D eigenvalue weighted by Crippen LogP contribution is 2.31. The van der Waals surface area contributed by atoms with E-state index in [0.29, 0.717) is 45.6 Å². The summed E-state index contributed by atoms with van der Waals surface area (Å²) in [6.45, 7) is 0.571. The van der Waals surface area contributed by atoms with E-state index in [4.69, 9.17) is 32.7 Å². The number of rotatable bonds is 7. The molecule has 2 aromatic carbocycles. The molecule has 1 aliphatic rings. The molecule has 1 aliphatic heterocycles. The highest BCUT2D eigenvalue weighted by Gasteiger charge is 2.31. The van der Waals surface area contributed by atoms with Crippen molar-refractivity contribution in [3.63, 3.8) is 0 Å². The van der Waals surface area contributed by atoms with Gasteiger partial charge in [0.1, 0.15) is 0 Å². The second-order valence-electron chi connectivity index (χ2n) is 7.24. The lowest BCUT2D eigenvalue weighted by Gasteiger charge is -2.30. The van der Waals surface area contributed by atoms with Crippen molar-refractivity contribution >= 4 is 44.8 Å². The maximum atomic E-state index is 12.8. The maximum absolute atomic E-state index is 12.8. The van der Waals surface area contributed by atoms with Gasteiger partial charge in [-0.2, -0.15) is 0 Å². The molecule has 3 rings (SSSR count). The van der Waals surface area contributed by atoms with Crippen LogP contribution in [0.1, 0.15) is 18.4 Å². The number of piperidine rings is 1. The number of sulfonamides is 1. The molecule has 1 amide bonds. The van der Waals surface area contributed by atoms with Crippen LogP contribution >= 0.6 is 23.2 Å². The molecule has 0 atom stereocenters. The third kappa shape index (κ3) is 5.83. The summed E-state index contributed by atoms with van der Waals surface area (Å²) in [5.41, 5.74) is 1.17. The quantitative estimate of drug-likeness (QED) is 0.633. The number of hydrogen-bond acceptors (Lipinski definition) is 5. The van der Waals surface area contributed by atoms with E-state index in [0.717, 1.165) is 0 Å². The van der Waals surface area contributed by atoms with Gasteiger partial charge in [-0.25, -0.2) is 12.7 Å². The number of halogens is 2. The highest BCUT2D eigenvalue weighted by atomic mass is 35.5. The molecule has 1 heterocycles. The van der Waals surface area contributed by atoms with Crippen LogP contribution < -0.4 is 14.8 Å². The summed E-state index contributed by atoms with van der Waals surface area (Å²) < 4.78 is 37.4. The van der Waals surface area contributed by atoms with Crippen molar-refractivity contribution in [2.45, 2.75) is 18.6 Å². The predicted molar refractivity (Wildman–Crippen MR) is 122 cm³/mol. The van der Waals surface area contributed by atoms with Crippen LogP contribution in [0, 0.1) is 5.92 Å². The van der Waals surface area contributed by atoms with Gasteiger partial charge in [-0.15, -0.1) is 0 Å². The first-order chi connectivity index (χ1) is 14.7. The third-order valence-electron chi connectivity index (χ3n) is 5.20. The van der Waals surface area contributed by atoms with Crippen LogP contribution in [-0.2, 0) is 20.6 Å². The Balaban J connectivity index is 1.58. The van der Waals surface area contributed by atoms with Gasteiger partial charge in [0.15, 0.2) is 11.5 Å². The lowest BCUT2D eigenvalue weighted by atomic mass is 9.97. The fraction of sp³-hybridized carbons (Fsp3) is 0.381. The zero-order valence-corrected chi connectivity index (χ0v) is 19.6. The highest BCUT2D eigenvalue weighted by molar-refractivity contribution is 7.88. The number of amides is 1. The zero-order valence-electron chi connectivity index (χ0n) is 17.2. The normalized spacial score (nSPS) is 15.5. The number of ether oxygens (including phenoxy) is 2. The number of nitrogens with zero attached hydrogens (tertiary/aromatic N) is 1. The van der Waals surface area contributed by atoms with Crippen molar-refractivity contribution in [2.75, 3.05) is 32.6 Å². The Labute approximate surface area is 192 Å². The fourth-order valence-electron chi connectivity index (χ4n) is 3.49. The lowest BCUT2D eigenvalue weighted by Crippen LogP contribution is -2.41. The number of carbonyl (C=O) groups is 1. The number of methoxy groups -OCH3 is 2. The summed E-state index contributed by atoms with van der Waals surface area (Å²) in [7, 11) is -0.455. The second kappa shape index (κ2) is 10.1. The Morgan fingerprint density at radius 1 is 1.03 bits per heavy atom. The van der Waals surface area contributed by atoms with Crippen LogP contribution in [0.25, 0.3) is 0 Å². The van der Waals surface area contributed by atoms with Gasteiger partial charge in [0, 0.05) is 30.8 Å². The molecule has 1 fully saturated rings. The average molecular weight is 487 g/mol. The van der Waals surface area contributed by atoms with E-state index in [1.165, 1.54) is 11.4 Å². The van der Waals surface area contributed by atoms with Gasteiger partial charge >= 0.3 is 0 Å². The molecule has 1 N–H and O–H groups in total. The molecule has 0 aliphatic carbocycles. The molecule has 0 radical (unpaired) electrons. The minimum Gasteiger partial charge on any atom is -0.493 e. The van der Waals surface area contributed by atoms with Gasteiger partial charge in [-0.1, -0.05) is 29.3 Å². The van der Waals surface area contributed by atoms with E-state index >= 15 is 0 Å². The third-order valence-corrected chi connectivity index (χ3v) is 7.79. The lowest BCUT2D eigenvalue weighted by molar-refractivity contribution is -0.120. The average Bonchev–Trinajstić information content (AvgIpc) is 2.76. The van der Waals surface area contributed by atoms with Gasteiger partial charge < -0.3 is 14.8 Å². The Morgan fingerprint density at radius 3 is 2.32 bits per heavy atom. The molecule has 0 spiro atoms. The smallest absolute Gasteiger partial charge is 0.227 e. The molecule has 10 heteroatoms. The summed E-state index contributed by atoms with van der Waals surface area (Å²) >= 11 is 11.9. The standard InChI is InChI=1S/C21H24Cl2N2O5S/c1-29-19-6-4-16(12-20(19)30-2)24-21(26)15-7-9-25(10-8-15)31(27,28)13-14-3-5-17(22)18(23)11-14/h3-6,11-12,15H,7-10,13H2,1-2H3,(H,24,26). The number of hydrogen-bond donors (Lipinski definition) is 1. The first-order valence-corrected chi connectivity index (χ1v) is 12.0. The van der Waals surface area contributed by atoms with Crippen LogP contribution in [-0.4, -0.2) is 45.9 Å². The second-order valence-corrected chi connectivity index (χ2v) is 10.0. The summed E-state index contributed by atoms with van der Waals surface area (Å²) in [6, 6.07) is 9.93. The molecular formula is C21H24Cl2N2O5S. The Kier molecular flexibility index (Phi) is 7.69.